The molecular formula is C20H22BrN5O. The molecule has 0 unspecified atom stereocenters. The summed E-state index contributed by atoms with van der Waals surface area (Å²) in [6, 6.07) is 6.41. The maximum absolute atomic E-state index is 11.1. The van der Waals surface area contributed by atoms with Gasteiger partial charge in [0.25, 0.3) is 0 Å². The Bertz CT molecular complexity index is 962. The summed E-state index contributed by atoms with van der Waals surface area (Å²) in [5, 5.41) is 9.04. The van der Waals surface area contributed by atoms with Crippen molar-refractivity contribution >= 4 is 44.5 Å². The lowest BCUT2D eigenvalue weighted by atomic mass is 10.1. The second-order valence-electron chi connectivity index (χ2n) is 7.06. The average molecular weight is 428 g/mol. The van der Waals surface area contributed by atoms with E-state index in [1.165, 1.54) is 0 Å². The number of fused-ring (bicyclic) bond motifs is 1. The number of carbonyl (C=O) groups is 1. The van der Waals surface area contributed by atoms with Crippen molar-refractivity contribution in [2.24, 2.45) is 0 Å². The minimum atomic E-state index is 0.320. The lowest BCUT2D eigenvalue weighted by Gasteiger charge is -2.28. The van der Waals surface area contributed by atoms with Gasteiger partial charge in [0.15, 0.2) is 0 Å². The zero-order valence-electron chi connectivity index (χ0n) is 15.2. The van der Waals surface area contributed by atoms with Crippen LogP contribution in [0.4, 0.5) is 11.4 Å². The molecule has 0 saturated carbocycles. The number of piperidine rings is 1. The maximum atomic E-state index is 11.1. The van der Waals surface area contributed by atoms with Gasteiger partial charge in [-0.15, -0.1) is 0 Å². The molecule has 0 spiro atoms. The highest BCUT2D eigenvalue weighted by Gasteiger charge is 2.19. The molecule has 1 aliphatic heterocycles. The summed E-state index contributed by atoms with van der Waals surface area (Å²) in [6.07, 6.45) is 9.14. The summed E-state index contributed by atoms with van der Waals surface area (Å²) in [6.45, 7) is 2.19. The van der Waals surface area contributed by atoms with E-state index in [1.54, 1.807) is 6.20 Å². The third kappa shape index (κ3) is 3.89. The van der Waals surface area contributed by atoms with Crippen LogP contribution >= 0.6 is 15.9 Å². The number of hydrogen-bond acceptors (Lipinski definition) is 5. The number of aldehydes is 1. The number of pyridine rings is 1. The summed E-state index contributed by atoms with van der Waals surface area (Å²) < 4.78 is 3.04. The molecule has 0 aliphatic carbocycles. The standard InChI is InChI=1S/C20H22BrN5O/c1-25-7-4-17(5-8-25)26-13-16(12-23-26)24-20-14(6-9-27)11-22-19-3-2-15(21)10-18(19)20/h2-3,9-13,17H,4-8H2,1H3,(H,22,24). The first-order valence-corrected chi connectivity index (χ1v) is 9.94. The topological polar surface area (TPSA) is 63.0 Å². The number of likely N-dealkylation sites (tertiary alicyclic amines) is 1. The van der Waals surface area contributed by atoms with Gasteiger partial charge in [-0.3, -0.25) is 9.67 Å². The van der Waals surface area contributed by atoms with Crippen molar-refractivity contribution in [3.05, 3.63) is 46.8 Å². The van der Waals surface area contributed by atoms with Gasteiger partial charge in [-0.2, -0.15) is 5.10 Å². The monoisotopic (exact) mass is 427 g/mol. The molecule has 1 fully saturated rings. The molecule has 4 rings (SSSR count). The van der Waals surface area contributed by atoms with Gasteiger partial charge in [0, 0.05) is 34.2 Å². The largest absolute Gasteiger partial charge is 0.352 e. The van der Waals surface area contributed by atoms with Gasteiger partial charge in [-0.25, -0.2) is 0 Å². The zero-order valence-corrected chi connectivity index (χ0v) is 16.8. The minimum Gasteiger partial charge on any atom is -0.352 e. The van der Waals surface area contributed by atoms with E-state index in [0.29, 0.717) is 12.5 Å². The number of rotatable bonds is 5. The number of nitrogens with zero attached hydrogens (tertiary/aromatic N) is 4. The van der Waals surface area contributed by atoms with E-state index in [1.807, 2.05) is 24.4 Å². The Labute approximate surface area is 166 Å². The van der Waals surface area contributed by atoms with Crippen molar-refractivity contribution < 1.29 is 4.79 Å². The van der Waals surface area contributed by atoms with E-state index in [4.69, 9.17) is 0 Å². The Morgan fingerprint density at radius 2 is 2.11 bits per heavy atom. The van der Waals surface area contributed by atoms with Crippen molar-refractivity contribution in [1.82, 2.24) is 19.7 Å². The van der Waals surface area contributed by atoms with Crippen LogP contribution in [0.25, 0.3) is 10.9 Å². The second kappa shape index (κ2) is 7.78. The Kier molecular flexibility index (Phi) is 5.22. The molecule has 1 aromatic carbocycles. The number of carbonyl (C=O) groups excluding carboxylic acids is 1. The van der Waals surface area contributed by atoms with Crippen molar-refractivity contribution in [1.29, 1.82) is 0 Å². The summed E-state index contributed by atoms with van der Waals surface area (Å²) in [4.78, 5) is 18.0. The number of nitrogens with one attached hydrogen (secondary N) is 1. The molecule has 0 amide bonds. The van der Waals surface area contributed by atoms with E-state index in [9.17, 15) is 4.79 Å². The zero-order chi connectivity index (χ0) is 18.8. The molecule has 6 nitrogen and oxygen atoms in total. The first-order valence-electron chi connectivity index (χ1n) is 9.14. The van der Waals surface area contributed by atoms with Crippen molar-refractivity contribution in [3.8, 4) is 0 Å². The van der Waals surface area contributed by atoms with Crippen molar-refractivity contribution in [2.45, 2.75) is 25.3 Å². The van der Waals surface area contributed by atoms with Gasteiger partial charge >= 0.3 is 0 Å². The Balaban J connectivity index is 1.65. The Morgan fingerprint density at radius 1 is 1.30 bits per heavy atom. The van der Waals surface area contributed by atoms with Crippen LogP contribution in [0.3, 0.4) is 0 Å². The van der Waals surface area contributed by atoms with Crippen LogP contribution in [0.5, 0.6) is 0 Å². The van der Waals surface area contributed by atoms with Crippen LogP contribution in [0.15, 0.2) is 41.3 Å². The fourth-order valence-corrected chi connectivity index (χ4v) is 3.97. The molecule has 0 bridgehead atoms. The van der Waals surface area contributed by atoms with E-state index >= 15 is 0 Å². The molecule has 2 aromatic heterocycles. The summed E-state index contributed by atoms with van der Waals surface area (Å²) in [7, 11) is 2.16. The van der Waals surface area contributed by atoms with Crippen LogP contribution in [0.2, 0.25) is 0 Å². The molecule has 7 heteroatoms. The molecule has 3 heterocycles. The predicted molar refractivity (Wildman–Crippen MR) is 110 cm³/mol. The second-order valence-corrected chi connectivity index (χ2v) is 7.97. The average Bonchev–Trinajstić information content (AvgIpc) is 3.13. The molecule has 140 valence electrons. The summed E-state index contributed by atoms with van der Waals surface area (Å²) >= 11 is 3.53. The van der Waals surface area contributed by atoms with Gasteiger partial charge in [0.1, 0.15) is 6.29 Å². The van der Waals surface area contributed by atoms with E-state index < -0.39 is 0 Å². The van der Waals surface area contributed by atoms with Crippen LogP contribution in [0, 0.1) is 0 Å². The van der Waals surface area contributed by atoms with Crippen LogP contribution < -0.4 is 5.32 Å². The van der Waals surface area contributed by atoms with Crippen LogP contribution in [-0.4, -0.2) is 46.1 Å². The lowest BCUT2D eigenvalue weighted by molar-refractivity contribution is -0.107. The third-order valence-corrected chi connectivity index (χ3v) is 5.64. The van der Waals surface area contributed by atoms with Gasteiger partial charge in [0.05, 0.1) is 29.1 Å². The molecular weight excluding hydrogens is 406 g/mol. The third-order valence-electron chi connectivity index (χ3n) is 5.14. The van der Waals surface area contributed by atoms with E-state index in [0.717, 1.165) is 64.5 Å². The molecule has 0 radical (unpaired) electrons. The first kappa shape index (κ1) is 18.1. The highest BCUT2D eigenvalue weighted by molar-refractivity contribution is 9.10. The number of anilines is 2. The minimum absolute atomic E-state index is 0.320. The molecule has 0 atom stereocenters. The fraction of sp³-hybridized carbons (Fsp3) is 0.350. The number of hydrogen-bond donors (Lipinski definition) is 1. The molecule has 27 heavy (non-hydrogen) atoms. The van der Waals surface area contributed by atoms with Gasteiger partial charge in [-0.05, 0) is 51.2 Å². The van der Waals surface area contributed by atoms with E-state index in [-0.39, 0.29) is 0 Å². The summed E-state index contributed by atoms with van der Waals surface area (Å²) in [5.41, 5.74) is 3.60. The molecule has 1 aliphatic rings. The van der Waals surface area contributed by atoms with E-state index in [2.05, 4.69) is 54.2 Å². The van der Waals surface area contributed by atoms with Crippen molar-refractivity contribution in [3.63, 3.8) is 0 Å². The first-order chi connectivity index (χ1) is 13.1. The smallest absolute Gasteiger partial charge is 0.124 e. The van der Waals surface area contributed by atoms with Gasteiger partial charge in [-0.1, -0.05) is 15.9 Å². The normalized spacial score (nSPS) is 15.9. The Morgan fingerprint density at radius 3 is 2.89 bits per heavy atom. The van der Waals surface area contributed by atoms with Crippen molar-refractivity contribution in [2.75, 3.05) is 25.5 Å². The number of benzene rings is 1. The highest BCUT2D eigenvalue weighted by atomic mass is 79.9. The van der Waals surface area contributed by atoms with Crippen LogP contribution in [0.1, 0.15) is 24.4 Å². The predicted octanol–water partition coefficient (Wildman–Crippen LogP) is 3.95. The van der Waals surface area contributed by atoms with Gasteiger partial charge < -0.3 is 15.0 Å². The highest BCUT2D eigenvalue weighted by Crippen LogP contribution is 2.32. The maximum Gasteiger partial charge on any atom is 0.124 e. The summed E-state index contributed by atoms with van der Waals surface area (Å²) in [5.74, 6) is 0. The lowest BCUT2D eigenvalue weighted by Crippen LogP contribution is -2.31. The quantitative estimate of drug-likeness (QED) is 0.624. The SMILES string of the molecule is CN1CCC(n2cc(Nc3c(CC=O)cnc4ccc(Br)cc34)cn2)CC1. The Hall–Kier alpha value is -2.25. The fourth-order valence-electron chi connectivity index (χ4n) is 3.60. The molecule has 1 N–H and O–H groups in total. The number of aromatic nitrogens is 3. The molecule has 3 aromatic rings. The number of halogens is 1. The van der Waals surface area contributed by atoms with Crippen LogP contribution in [-0.2, 0) is 11.2 Å². The van der Waals surface area contributed by atoms with Gasteiger partial charge in [0.2, 0.25) is 0 Å². The molecule has 1 saturated heterocycles.